The topological polar surface area (TPSA) is 137 Å². The first-order chi connectivity index (χ1) is 32.2. The fourth-order valence-corrected chi connectivity index (χ4v) is 8.14. The van der Waals surface area contributed by atoms with Crippen molar-refractivity contribution in [2.75, 3.05) is 0 Å². The van der Waals surface area contributed by atoms with E-state index in [1.807, 2.05) is 60.7 Å². The number of hydrogen-bond acceptors (Lipinski definition) is 8. The quantitative estimate of drug-likeness (QED) is 0.0381. The summed E-state index contributed by atoms with van der Waals surface area (Å²) >= 11 is 0. The summed E-state index contributed by atoms with van der Waals surface area (Å²) in [5.41, 5.74) is 1.61. The van der Waals surface area contributed by atoms with Crippen LogP contribution in [-0.4, -0.2) is 47.9 Å². The van der Waals surface area contributed by atoms with Gasteiger partial charge < -0.3 is 24.8 Å². The largest absolute Gasteiger partial charge is 0.462 e. The van der Waals surface area contributed by atoms with Gasteiger partial charge in [0.05, 0.1) is 6.42 Å². The molecule has 0 fully saturated rings. The molecule has 2 aromatic rings. The fourth-order valence-electron chi connectivity index (χ4n) is 8.14. The van der Waals surface area contributed by atoms with Gasteiger partial charge in [-0.15, -0.1) is 0 Å². The molecule has 3 atom stereocenters. The zero-order chi connectivity index (χ0) is 47.7. The molecule has 2 rings (SSSR count). The van der Waals surface area contributed by atoms with E-state index >= 15 is 0 Å². The van der Waals surface area contributed by atoms with Crippen LogP contribution >= 0.6 is 0 Å². The van der Waals surface area contributed by atoms with Gasteiger partial charge in [0.25, 0.3) is 0 Å². The van der Waals surface area contributed by atoms with Crippen LogP contribution in [0.2, 0.25) is 0 Å². The number of unbranched alkanes of at least 4 members (excludes halogenated alkanes) is 24. The van der Waals surface area contributed by atoms with Gasteiger partial charge in [0.2, 0.25) is 11.8 Å². The first kappa shape index (κ1) is 57.9. The fraction of sp³-hybridized carbons (Fsp3) is 0.696. The van der Waals surface area contributed by atoms with E-state index < -0.39 is 41.9 Å². The summed E-state index contributed by atoms with van der Waals surface area (Å²) in [5.74, 6) is -2.52. The maximum absolute atomic E-state index is 13.5. The third-order valence-corrected chi connectivity index (χ3v) is 12.3. The molecule has 0 aliphatic rings. The van der Waals surface area contributed by atoms with Crippen LogP contribution in [0.25, 0.3) is 0 Å². The number of carbonyl (C=O) groups excluding carboxylic acids is 5. The number of amides is 2. The van der Waals surface area contributed by atoms with Gasteiger partial charge in [0, 0.05) is 12.8 Å². The Balaban J connectivity index is 1.88. The average Bonchev–Trinajstić information content (AvgIpc) is 3.32. The number of nitrogens with one attached hydrogen (secondary N) is 2. The summed E-state index contributed by atoms with van der Waals surface area (Å²) < 4.78 is 16.9. The van der Waals surface area contributed by atoms with Gasteiger partial charge >= 0.3 is 17.9 Å². The number of carbonyl (C=O) groups is 5. The Bertz CT molecular complexity index is 1540. The lowest BCUT2D eigenvalue weighted by Gasteiger charge is -2.22. The monoisotopic (exact) mass is 919 g/mol. The Morgan fingerprint density at radius 2 is 0.894 bits per heavy atom. The Hall–Kier alpha value is -4.21. The Labute approximate surface area is 400 Å². The first-order valence-corrected chi connectivity index (χ1v) is 26.4. The van der Waals surface area contributed by atoms with Gasteiger partial charge in [-0.2, -0.15) is 0 Å². The highest BCUT2D eigenvalue weighted by Gasteiger charge is 2.28. The zero-order valence-corrected chi connectivity index (χ0v) is 41.6. The van der Waals surface area contributed by atoms with E-state index in [2.05, 4.69) is 24.5 Å². The van der Waals surface area contributed by atoms with Gasteiger partial charge in [-0.25, -0.2) is 4.79 Å². The summed E-state index contributed by atoms with van der Waals surface area (Å²) in [7, 11) is 0. The van der Waals surface area contributed by atoms with Gasteiger partial charge in [-0.3, -0.25) is 19.2 Å². The number of hydrogen-bond donors (Lipinski definition) is 2. The second-order valence-corrected chi connectivity index (χ2v) is 18.5. The number of benzene rings is 2. The van der Waals surface area contributed by atoms with Crippen LogP contribution < -0.4 is 10.6 Å². The Morgan fingerprint density at radius 1 is 0.470 bits per heavy atom. The Morgan fingerprint density at radius 3 is 1.36 bits per heavy atom. The average molecular weight is 919 g/mol. The van der Waals surface area contributed by atoms with Crippen molar-refractivity contribution in [2.45, 2.75) is 251 Å². The van der Waals surface area contributed by atoms with Crippen LogP contribution in [-0.2, 0) is 51.4 Å². The van der Waals surface area contributed by atoms with E-state index in [1.165, 1.54) is 135 Å². The van der Waals surface area contributed by atoms with Crippen molar-refractivity contribution in [2.24, 2.45) is 0 Å². The molecular formula is C56H90N2O8. The molecule has 0 spiro atoms. The molecular weight excluding hydrogens is 829 g/mol. The highest BCUT2D eigenvalue weighted by Crippen LogP contribution is 2.18. The smallest absolute Gasteiger partial charge is 0.328 e. The van der Waals surface area contributed by atoms with Gasteiger partial charge in [-0.1, -0.05) is 229 Å². The van der Waals surface area contributed by atoms with E-state index in [0.29, 0.717) is 12.8 Å². The first-order valence-electron chi connectivity index (χ1n) is 26.4. The second kappa shape index (κ2) is 39.9. The summed E-state index contributed by atoms with van der Waals surface area (Å²) in [6, 6.07) is 16.3. The summed E-state index contributed by atoms with van der Waals surface area (Å²) in [6.07, 6.45) is 32.0. The molecule has 0 bridgehead atoms. The van der Waals surface area contributed by atoms with Crippen LogP contribution in [0.15, 0.2) is 60.7 Å². The van der Waals surface area contributed by atoms with Crippen molar-refractivity contribution in [3.05, 3.63) is 71.8 Å². The lowest BCUT2D eigenvalue weighted by Crippen LogP contribution is -2.51. The van der Waals surface area contributed by atoms with E-state index in [0.717, 1.165) is 49.7 Å². The lowest BCUT2D eigenvalue weighted by atomic mass is 10.0. The molecule has 10 nitrogen and oxygen atoms in total. The van der Waals surface area contributed by atoms with Crippen molar-refractivity contribution in [3.8, 4) is 0 Å². The van der Waals surface area contributed by atoms with Gasteiger partial charge in [0.1, 0.15) is 31.4 Å². The van der Waals surface area contributed by atoms with Crippen LogP contribution in [0.4, 0.5) is 0 Å². The van der Waals surface area contributed by atoms with Crippen molar-refractivity contribution in [3.63, 3.8) is 0 Å². The highest BCUT2D eigenvalue weighted by molar-refractivity contribution is 5.90. The van der Waals surface area contributed by atoms with Crippen LogP contribution in [0, 0.1) is 0 Å². The molecule has 372 valence electrons. The zero-order valence-electron chi connectivity index (χ0n) is 41.6. The minimum absolute atomic E-state index is 0.00446. The molecule has 0 aliphatic carbocycles. The highest BCUT2D eigenvalue weighted by atomic mass is 16.5. The predicted octanol–water partition coefficient (Wildman–Crippen LogP) is 13.5. The van der Waals surface area contributed by atoms with Crippen molar-refractivity contribution in [1.29, 1.82) is 0 Å². The van der Waals surface area contributed by atoms with Crippen molar-refractivity contribution < 1.29 is 38.2 Å². The standard InChI is InChI=1S/C56H90N2O8/c1-4-6-8-10-12-14-16-18-20-22-24-26-34-40-50(66-54(61)41-35-27-25-23-21-19-17-15-13-11-9-7-5-2)44-52(59)57-47(3)55(62)58-51(56(63)65-46-49-38-32-29-33-39-49)42-43-53(60)64-45-48-36-30-28-31-37-48/h28-33,36-39,47,50-51H,4-27,34-35,40-46H2,1-3H3,(H,57,59)(H,58,62)/t47-,50?,51-/m1/s1. The molecule has 0 radical (unpaired) electrons. The molecule has 0 saturated carbocycles. The van der Waals surface area contributed by atoms with Crippen LogP contribution in [0.1, 0.15) is 231 Å². The molecule has 0 aromatic heterocycles. The van der Waals surface area contributed by atoms with E-state index in [4.69, 9.17) is 14.2 Å². The molecule has 2 aromatic carbocycles. The molecule has 2 N–H and O–H groups in total. The minimum Gasteiger partial charge on any atom is -0.462 e. The predicted molar refractivity (Wildman–Crippen MR) is 266 cm³/mol. The number of rotatable bonds is 42. The third-order valence-electron chi connectivity index (χ3n) is 12.3. The maximum Gasteiger partial charge on any atom is 0.328 e. The Kier molecular flexibility index (Phi) is 35.0. The maximum atomic E-state index is 13.5. The summed E-state index contributed by atoms with van der Waals surface area (Å²) in [5, 5.41) is 5.44. The van der Waals surface area contributed by atoms with Gasteiger partial charge in [0.15, 0.2) is 0 Å². The minimum atomic E-state index is -1.15. The van der Waals surface area contributed by atoms with E-state index in [-0.39, 0.29) is 38.4 Å². The van der Waals surface area contributed by atoms with Crippen molar-refractivity contribution >= 4 is 29.7 Å². The second-order valence-electron chi connectivity index (χ2n) is 18.5. The molecule has 0 aliphatic heterocycles. The van der Waals surface area contributed by atoms with E-state index in [9.17, 15) is 24.0 Å². The molecule has 10 heteroatoms. The molecule has 66 heavy (non-hydrogen) atoms. The van der Waals surface area contributed by atoms with Gasteiger partial charge in [-0.05, 0) is 43.7 Å². The van der Waals surface area contributed by atoms with Crippen LogP contribution in [0.3, 0.4) is 0 Å². The summed E-state index contributed by atoms with van der Waals surface area (Å²) in [6.45, 7) is 6.13. The molecule has 2 amide bonds. The molecule has 0 saturated heterocycles. The molecule has 0 heterocycles. The lowest BCUT2D eigenvalue weighted by molar-refractivity contribution is -0.151. The SMILES string of the molecule is CCCCCCCCCCCCCCCC(=O)OC(CCCCCCCCCCCCCCC)CC(=O)N[C@H](C)C(=O)N[C@H](CCC(=O)OCc1ccccc1)C(=O)OCc1ccccc1. The molecule has 1 unspecified atom stereocenters. The number of ether oxygens (including phenoxy) is 3. The summed E-state index contributed by atoms with van der Waals surface area (Å²) in [4.78, 5) is 65.9. The third kappa shape index (κ3) is 31.7. The van der Waals surface area contributed by atoms with E-state index in [1.54, 1.807) is 0 Å². The van der Waals surface area contributed by atoms with Crippen molar-refractivity contribution in [1.82, 2.24) is 10.6 Å². The van der Waals surface area contributed by atoms with Crippen LogP contribution in [0.5, 0.6) is 0 Å². The normalized spacial score (nSPS) is 12.5. The number of esters is 3.